The zero-order chi connectivity index (χ0) is 26.5. The number of halogens is 1. The van der Waals surface area contributed by atoms with Crippen molar-refractivity contribution in [2.24, 2.45) is 11.8 Å². The Morgan fingerprint density at radius 1 is 1.19 bits per heavy atom. The zero-order valence-electron chi connectivity index (χ0n) is 21.0. The van der Waals surface area contributed by atoms with Crippen LogP contribution >= 0.6 is 27.7 Å². The summed E-state index contributed by atoms with van der Waals surface area (Å²) >= 11 is 5.31. The summed E-state index contributed by atoms with van der Waals surface area (Å²) in [5.74, 6) is -2.36. The fourth-order valence-electron chi connectivity index (χ4n) is 6.44. The number of anilines is 1. The number of fused-ring (bicyclic) bond motifs is 1. The molecule has 0 aliphatic carbocycles. The van der Waals surface area contributed by atoms with Crippen LogP contribution < -0.4 is 5.32 Å². The molecule has 7 atom stereocenters. The van der Waals surface area contributed by atoms with E-state index >= 15 is 0 Å². The fourth-order valence-corrected chi connectivity index (χ4v) is 10.0. The van der Waals surface area contributed by atoms with E-state index in [1.165, 1.54) is 0 Å². The minimum Gasteiger partial charge on any atom is -0.466 e. The monoisotopic (exact) mass is 586 g/mol. The van der Waals surface area contributed by atoms with E-state index in [1.807, 2.05) is 62.4 Å². The number of alkyl halides is 1. The van der Waals surface area contributed by atoms with Crippen molar-refractivity contribution in [3.8, 4) is 0 Å². The van der Waals surface area contributed by atoms with Gasteiger partial charge in [0, 0.05) is 15.8 Å². The van der Waals surface area contributed by atoms with Crippen molar-refractivity contribution in [3.63, 3.8) is 0 Å². The van der Waals surface area contributed by atoms with Crippen LogP contribution in [0.2, 0.25) is 0 Å². The number of carbonyl (C=O) groups is 3. The number of hydrogen-bond acceptors (Lipinski definition) is 6. The van der Waals surface area contributed by atoms with Crippen molar-refractivity contribution < 1.29 is 24.2 Å². The van der Waals surface area contributed by atoms with Gasteiger partial charge in [-0.3, -0.25) is 14.4 Å². The standard InChI is InChI=1S/C28H31BrN2O5S/c1-4-36-27(35)20-21-26(34)31(19(14-32)17-11-6-5-7-12-17)24(28(21)13-18(29)23(20)37-28)25(33)30-22-15(2)9-8-10-16(22)3/h5-12,18-21,23-24,32H,4,13-14H2,1-3H3,(H,30,33)/t18?,19-,20+,21+,23+,24?,28?/m1/s1. The number of aliphatic hydroxyl groups excluding tert-OH is 1. The highest BCUT2D eigenvalue weighted by molar-refractivity contribution is 9.09. The Labute approximate surface area is 229 Å². The first-order valence-electron chi connectivity index (χ1n) is 12.6. The number of carbonyl (C=O) groups excluding carboxylic acids is 3. The molecule has 196 valence electrons. The number of para-hydroxylation sites is 1. The second-order valence-corrected chi connectivity index (χ2v) is 12.7. The van der Waals surface area contributed by atoms with Crippen molar-refractivity contribution in [1.82, 2.24) is 4.90 Å². The molecule has 0 saturated carbocycles. The molecule has 7 nitrogen and oxygen atoms in total. The molecule has 2 bridgehead atoms. The quantitative estimate of drug-likeness (QED) is 0.376. The number of rotatable bonds is 7. The topological polar surface area (TPSA) is 95.9 Å². The van der Waals surface area contributed by atoms with Crippen molar-refractivity contribution in [1.29, 1.82) is 0 Å². The smallest absolute Gasteiger partial charge is 0.310 e. The van der Waals surface area contributed by atoms with Gasteiger partial charge in [0.1, 0.15) is 6.04 Å². The van der Waals surface area contributed by atoms with Crippen molar-refractivity contribution in [2.75, 3.05) is 18.5 Å². The van der Waals surface area contributed by atoms with E-state index in [9.17, 15) is 19.5 Å². The number of esters is 1. The summed E-state index contributed by atoms with van der Waals surface area (Å²) in [6.07, 6.45) is 0.558. The molecule has 3 saturated heterocycles. The van der Waals surface area contributed by atoms with Crippen LogP contribution in [-0.4, -0.2) is 61.9 Å². The Balaban J connectivity index is 1.63. The van der Waals surface area contributed by atoms with Gasteiger partial charge in [-0.25, -0.2) is 0 Å². The zero-order valence-corrected chi connectivity index (χ0v) is 23.4. The Bertz CT molecular complexity index is 1210. The van der Waals surface area contributed by atoms with E-state index in [1.54, 1.807) is 23.6 Å². The number of amides is 2. The average Bonchev–Trinajstić information content (AvgIpc) is 3.46. The van der Waals surface area contributed by atoms with Gasteiger partial charge in [-0.2, -0.15) is 0 Å². The predicted octanol–water partition coefficient (Wildman–Crippen LogP) is 4.00. The molecular weight excluding hydrogens is 556 g/mol. The van der Waals surface area contributed by atoms with Crippen LogP contribution in [0.1, 0.15) is 36.1 Å². The summed E-state index contributed by atoms with van der Waals surface area (Å²) in [5, 5.41) is 13.5. The number of ether oxygens (including phenoxy) is 1. The van der Waals surface area contributed by atoms with Crippen LogP contribution in [0.3, 0.4) is 0 Å². The van der Waals surface area contributed by atoms with E-state index in [0.717, 1.165) is 22.4 Å². The van der Waals surface area contributed by atoms with Gasteiger partial charge in [0.2, 0.25) is 11.8 Å². The Kier molecular flexibility index (Phi) is 7.15. The minimum atomic E-state index is -0.879. The number of hydrogen-bond donors (Lipinski definition) is 2. The van der Waals surface area contributed by atoms with Crippen molar-refractivity contribution in [2.45, 2.75) is 54.1 Å². The summed E-state index contributed by atoms with van der Waals surface area (Å²) in [5.41, 5.74) is 3.30. The normalized spacial score (nSPS) is 30.8. The largest absolute Gasteiger partial charge is 0.466 e. The molecule has 3 aliphatic heterocycles. The predicted molar refractivity (Wildman–Crippen MR) is 147 cm³/mol. The van der Waals surface area contributed by atoms with E-state index in [4.69, 9.17) is 4.74 Å². The summed E-state index contributed by atoms with van der Waals surface area (Å²) in [6, 6.07) is 13.5. The lowest BCUT2D eigenvalue weighted by Crippen LogP contribution is -2.53. The van der Waals surface area contributed by atoms with E-state index in [-0.39, 0.29) is 35.1 Å². The first-order chi connectivity index (χ1) is 17.7. The van der Waals surface area contributed by atoms with Gasteiger partial charge in [-0.15, -0.1) is 11.8 Å². The van der Waals surface area contributed by atoms with Gasteiger partial charge in [-0.1, -0.05) is 64.5 Å². The van der Waals surface area contributed by atoms with Gasteiger partial charge in [-0.05, 0) is 43.9 Å². The number of likely N-dealkylation sites (tertiary alicyclic amines) is 1. The Morgan fingerprint density at radius 3 is 2.49 bits per heavy atom. The van der Waals surface area contributed by atoms with Crippen molar-refractivity contribution in [3.05, 3.63) is 65.2 Å². The van der Waals surface area contributed by atoms with Gasteiger partial charge in [0.05, 0.1) is 35.8 Å². The Morgan fingerprint density at radius 2 is 1.86 bits per heavy atom. The maximum atomic E-state index is 14.3. The highest BCUT2D eigenvalue weighted by atomic mass is 79.9. The third kappa shape index (κ3) is 4.10. The molecule has 2 N–H and O–H groups in total. The lowest BCUT2D eigenvalue weighted by Gasteiger charge is -2.37. The summed E-state index contributed by atoms with van der Waals surface area (Å²) < 4.78 is 4.59. The summed E-state index contributed by atoms with van der Waals surface area (Å²) in [6.45, 7) is 5.49. The lowest BCUT2D eigenvalue weighted by atomic mass is 9.71. The lowest BCUT2D eigenvalue weighted by molar-refractivity contribution is -0.154. The average molecular weight is 588 g/mol. The molecule has 9 heteroatoms. The molecule has 0 aromatic heterocycles. The molecule has 2 amide bonds. The number of benzene rings is 2. The van der Waals surface area contributed by atoms with Gasteiger partial charge < -0.3 is 20.1 Å². The molecule has 3 aliphatic rings. The maximum absolute atomic E-state index is 14.3. The highest BCUT2D eigenvalue weighted by Crippen LogP contribution is 2.68. The molecule has 3 unspecified atom stereocenters. The molecule has 0 radical (unpaired) electrons. The first kappa shape index (κ1) is 26.3. The van der Waals surface area contributed by atoms with E-state index in [0.29, 0.717) is 6.42 Å². The van der Waals surface area contributed by atoms with Crippen LogP contribution in [0.5, 0.6) is 0 Å². The fraction of sp³-hybridized carbons (Fsp3) is 0.464. The van der Waals surface area contributed by atoms with Gasteiger partial charge in [0.15, 0.2) is 0 Å². The van der Waals surface area contributed by atoms with Crippen LogP contribution in [0, 0.1) is 25.7 Å². The first-order valence-corrected chi connectivity index (χ1v) is 14.4. The van der Waals surface area contributed by atoms with E-state index in [2.05, 4.69) is 21.2 Å². The minimum absolute atomic E-state index is 0.0456. The number of aryl methyl sites for hydroxylation is 2. The van der Waals surface area contributed by atoms with Crippen molar-refractivity contribution >= 4 is 51.2 Å². The summed E-state index contributed by atoms with van der Waals surface area (Å²) in [4.78, 5) is 43.2. The number of aliphatic hydroxyl groups is 1. The molecule has 1 spiro atoms. The van der Waals surface area contributed by atoms with Gasteiger partial charge in [0.25, 0.3) is 0 Å². The van der Waals surface area contributed by atoms with Crippen LogP contribution in [0.15, 0.2) is 48.5 Å². The number of nitrogens with one attached hydrogen (secondary N) is 1. The molecule has 37 heavy (non-hydrogen) atoms. The maximum Gasteiger partial charge on any atom is 0.310 e. The van der Waals surface area contributed by atoms with Crippen LogP contribution in [-0.2, 0) is 19.1 Å². The van der Waals surface area contributed by atoms with Crippen LogP contribution in [0.4, 0.5) is 5.69 Å². The van der Waals surface area contributed by atoms with E-state index < -0.39 is 34.6 Å². The SMILES string of the molecule is CCOC(=O)[C@H]1[C@H]2C(=O)N([C@H](CO)c3ccccc3)C(C(=O)Nc3c(C)cccc3C)C23CC(Br)[C@@H]1S3. The molecule has 5 rings (SSSR count). The third-order valence-corrected chi connectivity index (χ3v) is 11.2. The van der Waals surface area contributed by atoms with Crippen LogP contribution in [0.25, 0.3) is 0 Å². The molecular formula is C28H31BrN2O5S. The molecule has 2 aromatic carbocycles. The third-order valence-electron chi connectivity index (χ3n) is 7.96. The number of thioether (sulfide) groups is 1. The second-order valence-electron chi connectivity index (χ2n) is 10.0. The molecule has 3 fully saturated rings. The highest BCUT2D eigenvalue weighted by Gasteiger charge is 2.76. The Hall–Kier alpha value is -2.36. The van der Waals surface area contributed by atoms with Gasteiger partial charge >= 0.3 is 5.97 Å². The molecule has 2 aromatic rings. The second kappa shape index (κ2) is 10.1. The number of nitrogens with zero attached hydrogens (tertiary/aromatic N) is 1. The molecule has 3 heterocycles. The summed E-state index contributed by atoms with van der Waals surface area (Å²) in [7, 11) is 0.